The molecule has 0 bridgehead atoms. The van der Waals surface area contributed by atoms with Gasteiger partial charge in [0.1, 0.15) is 5.82 Å². The summed E-state index contributed by atoms with van der Waals surface area (Å²) in [5, 5.41) is 9.06. The molecule has 0 radical (unpaired) electrons. The van der Waals surface area contributed by atoms with Gasteiger partial charge in [-0.1, -0.05) is 32.0 Å². The van der Waals surface area contributed by atoms with Crippen molar-refractivity contribution in [1.29, 1.82) is 0 Å². The van der Waals surface area contributed by atoms with Crippen LogP contribution in [0.1, 0.15) is 30.9 Å². The van der Waals surface area contributed by atoms with Crippen molar-refractivity contribution < 1.29 is 14.3 Å². The Bertz CT molecular complexity index is 451. The minimum absolute atomic E-state index is 0.204. The SMILES string of the molecule is Cc1cccc([C@@H]2[C@@H](C(=O)O)C2(C)C)c1F. The molecule has 0 heterocycles. The van der Waals surface area contributed by atoms with E-state index in [9.17, 15) is 9.18 Å². The first-order valence-electron chi connectivity index (χ1n) is 5.35. The fourth-order valence-corrected chi connectivity index (χ4v) is 2.59. The van der Waals surface area contributed by atoms with E-state index in [0.29, 0.717) is 11.1 Å². The van der Waals surface area contributed by atoms with E-state index in [1.54, 1.807) is 25.1 Å². The zero-order valence-corrected chi connectivity index (χ0v) is 9.62. The highest BCUT2D eigenvalue weighted by Gasteiger charge is 2.63. The molecular weight excluding hydrogens is 207 g/mol. The maximum absolute atomic E-state index is 13.9. The second-order valence-electron chi connectivity index (χ2n) is 5.09. The normalized spacial score (nSPS) is 26.5. The molecule has 0 saturated heterocycles. The summed E-state index contributed by atoms with van der Waals surface area (Å²) in [4.78, 5) is 11.0. The molecular formula is C13H15FO2. The summed E-state index contributed by atoms with van der Waals surface area (Å²) >= 11 is 0. The van der Waals surface area contributed by atoms with Gasteiger partial charge in [0, 0.05) is 5.92 Å². The molecule has 0 aromatic heterocycles. The zero-order chi connectivity index (χ0) is 12.1. The molecule has 2 rings (SSSR count). The first-order chi connectivity index (χ1) is 7.37. The molecule has 1 aromatic rings. The number of carbonyl (C=O) groups is 1. The molecule has 2 atom stereocenters. The number of hydrogen-bond acceptors (Lipinski definition) is 1. The summed E-state index contributed by atoms with van der Waals surface area (Å²) in [7, 11) is 0. The van der Waals surface area contributed by atoms with Gasteiger partial charge in [-0.05, 0) is 23.5 Å². The van der Waals surface area contributed by atoms with Crippen molar-refractivity contribution in [1.82, 2.24) is 0 Å². The molecule has 86 valence electrons. The van der Waals surface area contributed by atoms with E-state index in [2.05, 4.69) is 0 Å². The summed E-state index contributed by atoms with van der Waals surface area (Å²) in [5.41, 5.74) is 0.766. The lowest BCUT2D eigenvalue weighted by atomic mass is 10.0. The van der Waals surface area contributed by atoms with Crippen molar-refractivity contribution in [2.75, 3.05) is 0 Å². The van der Waals surface area contributed by atoms with Gasteiger partial charge in [0.2, 0.25) is 0 Å². The molecule has 1 aromatic carbocycles. The lowest BCUT2D eigenvalue weighted by Crippen LogP contribution is -2.03. The second-order valence-corrected chi connectivity index (χ2v) is 5.09. The minimum Gasteiger partial charge on any atom is -0.481 e. The van der Waals surface area contributed by atoms with E-state index in [0.717, 1.165) is 0 Å². The van der Waals surface area contributed by atoms with E-state index in [1.807, 2.05) is 13.8 Å². The van der Waals surface area contributed by atoms with Crippen molar-refractivity contribution in [2.45, 2.75) is 26.7 Å². The number of benzene rings is 1. The molecule has 3 heteroatoms. The lowest BCUT2D eigenvalue weighted by Gasteiger charge is -2.06. The molecule has 1 saturated carbocycles. The highest BCUT2D eigenvalue weighted by molar-refractivity contribution is 5.77. The molecule has 16 heavy (non-hydrogen) atoms. The van der Waals surface area contributed by atoms with E-state index in [-0.39, 0.29) is 17.2 Å². The predicted octanol–water partition coefficient (Wildman–Crippen LogP) is 2.96. The summed E-state index contributed by atoms with van der Waals surface area (Å²) in [6.45, 7) is 5.44. The Morgan fingerprint density at radius 3 is 2.56 bits per heavy atom. The van der Waals surface area contributed by atoms with E-state index < -0.39 is 11.9 Å². The number of carboxylic acids is 1. The summed E-state index contributed by atoms with van der Waals surface area (Å²) < 4.78 is 13.9. The van der Waals surface area contributed by atoms with Crippen LogP contribution in [-0.4, -0.2) is 11.1 Å². The number of halogens is 1. The topological polar surface area (TPSA) is 37.3 Å². The Balaban J connectivity index is 2.41. The van der Waals surface area contributed by atoms with Gasteiger partial charge >= 0.3 is 5.97 Å². The maximum atomic E-state index is 13.9. The highest BCUT2D eigenvalue weighted by atomic mass is 19.1. The van der Waals surface area contributed by atoms with Gasteiger partial charge in [-0.15, -0.1) is 0 Å². The average molecular weight is 222 g/mol. The van der Waals surface area contributed by atoms with Crippen molar-refractivity contribution in [3.05, 3.63) is 35.1 Å². The molecule has 0 aliphatic heterocycles. The van der Waals surface area contributed by atoms with Crippen molar-refractivity contribution in [3.8, 4) is 0 Å². The quantitative estimate of drug-likeness (QED) is 0.835. The van der Waals surface area contributed by atoms with Crippen molar-refractivity contribution >= 4 is 5.97 Å². The Morgan fingerprint density at radius 2 is 2.06 bits per heavy atom. The van der Waals surface area contributed by atoms with Gasteiger partial charge in [-0.3, -0.25) is 4.79 Å². The first kappa shape index (κ1) is 11.1. The Hall–Kier alpha value is -1.38. The van der Waals surface area contributed by atoms with Crippen molar-refractivity contribution in [2.24, 2.45) is 11.3 Å². The summed E-state index contributed by atoms with van der Waals surface area (Å²) in [5.74, 6) is -1.77. The van der Waals surface area contributed by atoms with Crippen LogP contribution in [-0.2, 0) is 4.79 Å². The van der Waals surface area contributed by atoms with Crippen LogP contribution < -0.4 is 0 Å². The maximum Gasteiger partial charge on any atom is 0.307 e. The van der Waals surface area contributed by atoms with E-state index in [1.165, 1.54) is 0 Å². The standard InChI is InChI=1S/C13H15FO2/c1-7-5-4-6-8(11(7)14)9-10(12(15)16)13(9,2)3/h4-6,9-10H,1-3H3,(H,15,16)/t9-,10+/m1/s1. The molecule has 0 spiro atoms. The average Bonchev–Trinajstić information content (AvgIpc) is 2.74. The Morgan fingerprint density at radius 1 is 1.44 bits per heavy atom. The third-order valence-corrected chi connectivity index (χ3v) is 3.65. The zero-order valence-electron chi connectivity index (χ0n) is 9.62. The fourth-order valence-electron chi connectivity index (χ4n) is 2.59. The first-order valence-corrected chi connectivity index (χ1v) is 5.35. The molecule has 1 aliphatic carbocycles. The number of aliphatic carboxylic acids is 1. The van der Waals surface area contributed by atoms with Crippen LogP contribution in [0.5, 0.6) is 0 Å². The molecule has 1 fully saturated rings. The summed E-state index contributed by atoms with van der Waals surface area (Å²) in [6, 6.07) is 5.17. The van der Waals surface area contributed by atoms with Crippen LogP contribution in [0.25, 0.3) is 0 Å². The molecule has 2 nitrogen and oxygen atoms in total. The highest BCUT2D eigenvalue weighted by Crippen LogP contribution is 2.64. The second kappa shape index (κ2) is 3.30. The molecule has 1 aliphatic rings. The minimum atomic E-state index is -0.837. The Kier molecular flexibility index (Phi) is 2.30. The van der Waals surface area contributed by atoms with Crippen molar-refractivity contribution in [3.63, 3.8) is 0 Å². The largest absolute Gasteiger partial charge is 0.481 e. The molecule has 1 N–H and O–H groups in total. The molecule has 0 unspecified atom stereocenters. The van der Waals surface area contributed by atoms with Gasteiger partial charge in [0.05, 0.1) is 5.92 Å². The van der Waals surface area contributed by atoms with Crippen LogP contribution >= 0.6 is 0 Å². The van der Waals surface area contributed by atoms with Crippen LogP contribution in [0.2, 0.25) is 0 Å². The van der Waals surface area contributed by atoms with Gasteiger partial charge in [-0.2, -0.15) is 0 Å². The fraction of sp³-hybridized carbons (Fsp3) is 0.462. The third kappa shape index (κ3) is 1.42. The number of rotatable bonds is 2. The van der Waals surface area contributed by atoms with Crippen LogP contribution in [0, 0.1) is 24.1 Å². The number of carboxylic acid groups (broad SMARTS) is 1. The smallest absolute Gasteiger partial charge is 0.307 e. The van der Waals surface area contributed by atoms with Crippen LogP contribution in [0.3, 0.4) is 0 Å². The van der Waals surface area contributed by atoms with Gasteiger partial charge in [0.25, 0.3) is 0 Å². The lowest BCUT2D eigenvalue weighted by molar-refractivity contribution is -0.139. The van der Waals surface area contributed by atoms with E-state index in [4.69, 9.17) is 5.11 Å². The molecule has 0 amide bonds. The monoisotopic (exact) mass is 222 g/mol. The predicted molar refractivity (Wildman–Crippen MR) is 58.8 cm³/mol. The van der Waals surface area contributed by atoms with Crippen LogP contribution in [0.4, 0.5) is 4.39 Å². The van der Waals surface area contributed by atoms with Crippen LogP contribution in [0.15, 0.2) is 18.2 Å². The Labute approximate surface area is 94.1 Å². The van der Waals surface area contributed by atoms with Gasteiger partial charge < -0.3 is 5.11 Å². The number of aryl methyl sites for hydroxylation is 1. The third-order valence-electron chi connectivity index (χ3n) is 3.65. The van der Waals surface area contributed by atoms with Gasteiger partial charge in [0.15, 0.2) is 0 Å². The van der Waals surface area contributed by atoms with E-state index >= 15 is 0 Å². The number of hydrogen-bond donors (Lipinski definition) is 1. The van der Waals surface area contributed by atoms with Gasteiger partial charge in [-0.25, -0.2) is 4.39 Å². The summed E-state index contributed by atoms with van der Waals surface area (Å²) in [6.07, 6.45) is 0.